The van der Waals surface area contributed by atoms with E-state index in [1.54, 1.807) is 38.5 Å². The summed E-state index contributed by atoms with van der Waals surface area (Å²) in [7, 11) is 3.13. The molecule has 0 spiro atoms. The van der Waals surface area contributed by atoms with Gasteiger partial charge in [-0.25, -0.2) is 9.78 Å². The van der Waals surface area contributed by atoms with Crippen LogP contribution >= 0.6 is 11.8 Å². The van der Waals surface area contributed by atoms with E-state index in [9.17, 15) is 9.90 Å². The zero-order valence-corrected chi connectivity index (χ0v) is 21.1. The molecular weight excluding hydrogens is 478 g/mol. The fourth-order valence-electron chi connectivity index (χ4n) is 3.61. The Morgan fingerprint density at radius 3 is 2.53 bits per heavy atom. The van der Waals surface area contributed by atoms with E-state index >= 15 is 0 Å². The molecule has 0 aliphatic heterocycles. The van der Waals surface area contributed by atoms with Gasteiger partial charge in [0, 0.05) is 17.2 Å². The van der Waals surface area contributed by atoms with Crippen molar-refractivity contribution in [2.24, 2.45) is 0 Å². The minimum atomic E-state index is -1.08. The molecule has 0 aliphatic carbocycles. The van der Waals surface area contributed by atoms with Crippen molar-refractivity contribution in [1.29, 1.82) is 0 Å². The standard InChI is InChI=1S/C27H27N3O5S/c1-4-5-12-35-23-11-10-17-8-6-7-9-21(17)22(23)16-24(26(31)32)36-27-28-25(29-30-27)18-13-19(33-2)15-20(14-18)34-3/h6-11,13-16H,4-5,12H2,1-3H3,(H,31,32)(H,28,29,30)/b24-16-. The molecular formula is C27H27N3O5S. The minimum absolute atomic E-state index is 0.0699. The van der Waals surface area contributed by atoms with Crippen molar-refractivity contribution in [3.05, 3.63) is 65.1 Å². The molecule has 0 atom stereocenters. The SMILES string of the molecule is CCCCOc1ccc2ccccc2c1/C=C(\Sc1n[nH]c(-c2cc(OC)cc(OC)c2)n1)C(=O)O. The maximum absolute atomic E-state index is 12.2. The van der Waals surface area contributed by atoms with Crippen LogP contribution in [-0.2, 0) is 4.79 Å². The van der Waals surface area contributed by atoms with Crippen molar-refractivity contribution in [2.45, 2.75) is 24.9 Å². The molecule has 0 aliphatic rings. The highest BCUT2D eigenvalue weighted by molar-refractivity contribution is 8.04. The number of carboxylic acid groups (broad SMARTS) is 1. The molecule has 3 aromatic carbocycles. The summed E-state index contributed by atoms with van der Waals surface area (Å²) < 4.78 is 16.7. The maximum Gasteiger partial charge on any atom is 0.342 e. The Bertz CT molecular complexity index is 1380. The molecule has 186 valence electrons. The van der Waals surface area contributed by atoms with Crippen LogP contribution in [0.5, 0.6) is 17.2 Å². The molecule has 1 heterocycles. The highest BCUT2D eigenvalue weighted by Crippen LogP contribution is 2.35. The lowest BCUT2D eigenvalue weighted by atomic mass is 10.0. The number of carbonyl (C=O) groups is 1. The summed E-state index contributed by atoms with van der Waals surface area (Å²) in [5.41, 5.74) is 1.41. The Kier molecular flexibility index (Phi) is 8.12. The molecule has 36 heavy (non-hydrogen) atoms. The summed E-state index contributed by atoms with van der Waals surface area (Å²) in [6, 6.07) is 17.0. The number of methoxy groups -OCH3 is 2. The Morgan fingerprint density at radius 2 is 1.83 bits per heavy atom. The second-order valence-electron chi connectivity index (χ2n) is 7.88. The highest BCUT2D eigenvalue weighted by Gasteiger charge is 2.17. The average molecular weight is 506 g/mol. The Hall–Kier alpha value is -3.98. The van der Waals surface area contributed by atoms with E-state index < -0.39 is 5.97 Å². The van der Waals surface area contributed by atoms with E-state index in [1.165, 1.54) is 0 Å². The predicted molar refractivity (Wildman–Crippen MR) is 141 cm³/mol. The first-order valence-corrected chi connectivity index (χ1v) is 12.3. The van der Waals surface area contributed by atoms with E-state index in [2.05, 4.69) is 22.1 Å². The van der Waals surface area contributed by atoms with Crippen molar-refractivity contribution in [1.82, 2.24) is 15.2 Å². The van der Waals surface area contributed by atoms with E-state index in [-0.39, 0.29) is 10.1 Å². The van der Waals surface area contributed by atoms with E-state index in [0.29, 0.717) is 40.8 Å². The normalized spacial score (nSPS) is 11.5. The van der Waals surface area contributed by atoms with Gasteiger partial charge in [0.05, 0.1) is 20.8 Å². The molecule has 4 aromatic rings. The van der Waals surface area contributed by atoms with Gasteiger partial charge in [0.1, 0.15) is 22.2 Å². The molecule has 1 aromatic heterocycles. The van der Waals surface area contributed by atoms with E-state index in [1.807, 2.05) is 36.4 Å². The number of thioether (sulfide) groups is 1. The number of unbranched alkanes of at least 4 members (excludes halogenated alkanes) is 1. The van der Waals surface area contributed by atoms with Crippen molar-refractivity contribution < 1.29 is 24.1 Å². The highest BCUT2D eigenvalue weighted by atomic mass is 32.2. The molecule has 0 bridgehead atoms. The third-order valence-electron chi connectivity index (χ3n) is 5.46. The van der Waals surface area contributed by atoms with Crippen LogP contribution in [0.4, 0.5) is 0 Å². The largest absolute Gasteiger partial charge is 0.497 e. The summed E-state index contributed by atoms with van der Waals surface area (Å²) in [5.74, 6) is 1.23. The van der Waals surface area contributed by atoms with Gasteiger partial charge in [-0.3, -0.25) is 5.10 Å². The lowest BCUT2D eigenvalue weighted by Crippen LogP contribution is -2.01. The molecule has 0 fully saturated rings. The number of H-pyrrole nitrogens is 1. The molecule has 0 saturated carbocycles. The smallest absolute Gasteiger partial charge is 0.342 e. The van der Waals surface area contributed by atoms with Crippen molar-refractivity contribution >= 4 is 34.6 Å². The third-order valence-corrected chi connectivity index (χ3v) is 6.34. The quantitative estimate of drug-likeness (QED) is 0.144. The van der Waals surface area contributed by atoms with Crippen LogP contribution in [0.3, 0.4) is 0 Å². The van der Waals surface area contributed by atoms with Gasteiger partial charge in [-0.2, -0.15) is 0 Å². The number of aromatic amines is 1. The number of aromatic nitrogens is 3. The number of benzene rings is 3. The van der Waals surface area contributed by atoms with E-state index in [0.717, 1.165) is 35.4 Å². The predicted octanol–water partition coefficient (Wildman–Crippen LogP) is 6.04. The van der Waals surface area contributed by atoms with E-state index in [4.69, 9.17) is 14.2 Å². The number of hydrogen-bond donors (Lipinski definition) is 2. The number of rotatable bonds is 11. The third kappa shape index (κ3) is 5.80. The number of nitrogens with one attached hydrogen (secondary N) is 1. The van der Waals surface area contributed by atoms with Crippen molar-refractivity contribution in [3.8, 4) is 28.6 Å². The van der Waals surface area contributed by atoms with Crippen LogP contribution in [0.1, 0.15) is 25.3 Å². The Labute approximate surface area is 213 Å². The fourth-order valence-corrected chi connectivity index (χ4v) is 4.30. The average Bonchev–Trinajstić information content (AvgIpc) is 3.37. The second kappa shape index (κ2) is 11.6. The van der Waals surface area contributed by atoms with Gasteiger partial charge in [0.2, 0.25) is 5.16 Å². The fraction of sp³-hybridized carbons (Fsp3) is 0.222. The molecule has 0 amide bonds. The van der Waals surface area contributed by atoms with Crippen LogP contribution in [0.2, 0.25) is 0 Å². The first-order valence-electron chi connectivity index (χ1n) is 11.5. The summed E-state index contributed by atoms with van der Waals surface area (Å²) in [5, 5.41) is 19.3. The summed E-state index contributed by atoms with van der Waals surface area (Å²) in [6.07, 6.45) is 3.54. The molecule has 9 heteroatoms. The van der Waals surface area contributed by atoms with Gasteiger partial charge >= 0.3 is 5.97 Å². The van der Waals surface area contributed by atoms with Crippen LogP contribution in [0, 0.1) is 0 Å². The first-order chi connectivity index (χ1) is 17.5. The van der Waals surface area contributed by atoms with Crippen molar-refractivity contribution in [2.75, 3.05) is 20.8 Å². The monoisotopic (exact) mass is 505 g/mol. The lowest BCUT2D eigenvalue weighted by molar-refractivity contribution is -0.131. The molecule has 4 rings (SSSR count). The number of fused-ring (bicyclic) bond motifs is 1. The van der Waals surface area contributed by atoms with Gasteiger partial charge < -0.3 is 19.3 Å². The minimum Gasteiger partial charge on any atom is -0.497 e. The zero-order valence-electron chi connectivity index (χ0n) is 20.3. The summed E-state index contributed by atoms with van der Waals surface area (Å²) in [6.45, 7) is 2.65. The van der Waals surface area contributed by atoms with Crippen LogP contribution in [-0.4, -0.2) is 47.1 Å². The van der Waals surface area contributed by atoms with Gasteiger partial charge in [-0.05, 0) is 53.2 Å². The molecule has 8 nitrogen and oxygen atoms in total. The van der Waals surface area contributed by atoms with Crippen LogP contribution < -0.4 is 14.2 Å². The van der Waals surface area contributed by atoms with Gasteiger partial charge in [0.25, 0.3) is 0 Å². The molecule has 0 saturated heterocycles. The summed E-state index contributed by atoms with van der Waals surface area (Å²) in [4.78, 5) is 16.8. The second-order valence-corrected chi connectivity index (χ2v) is 8.89. The first kappa shape index (κ1) is 25.1. The van der Waals surface area contributed by atoms with Crippen LogP contribution in [0.15, 0.2) is 64.7 Å². The van der Waals surface area contributed by atoms with Crippen molar-refractivity contribution in [3.63, 3.8) is 0 Å². The van der Waals surface area contributed by atoms with Gasteiger partial charge in [0.15, 0.2) is 5.82 Å². The number of hydrogen-bond acceptors (Lipinski definition) is 7. The molecule has 2 N–H and O–H groups in total. The zero-order chi connectivity index (χ0) is 25.5. The number of carboxylic acids is 1. The van der Waals surface area contributed by atoms with Gasteiger partial charge in [-0.15, -0.1) is 5.10 Å². The Morgan fingerprint density at radius 1 is 1.08 bits per heavy atom. The number of ether oxygens (including phenoxy) is 3. The number of nitrogens with zero attached hydrogens (tertiary/aromatic N) is 2. The molecule has 0 unspecified atom stereocenters. The number of aliphatic carboxylic acids is 1. The lowest BCUT2D eigenvalue weighted by Gasteiger charge is -2.12. The van der Waals surface area contributed by atoms with Crippen LogP contribution in [0.25, 0.3) is 28.2 Å². The molecule has 0 radical (unpaired) electrons. The topological polar surface area (TPSA) is 107 Å². The summed E-state index contributed by atoms with van der Waals surface area (Å²) >= 11 is 0.963. The maximum atomic E-state index is 12.2. The Balaban J connectivity index is 1.69. The van der Waals surface area contributed by atoms with Gasteiger partial charge in [-0.1, -0.05) is 43.7 Å².